The van der Waals surface area contributed by atoms with Gasteiger partial charge in [0, 0.05) is 6.54 Å². The first-order valence-corrected chi connectivity index (χ1v) is 8.54. The van der Waals surface area contributed by atoms with Crippen molar-refractivity contribution in [1.29, 1.82) is 0 Å². The smallest absolute Gasteiger partial charge is 0.243 e. The molecule has 4 nitrogen and oxygen atoms in total. The largest absolute Gasteiger partial charge is 0.395 e. The number of rotatable bonds is 4. The van der Waals surface area contributed by atoms with E-state index in [1.54, 1.807) is 0 Å². The second-order valence-corrected chi connectivity index (χ2v) is 8.54. The molecule has 0 aliphatic heterocycles. The molecule has 0 spiro atoms. The third-order valence-corrected chi connectivity index (χ3v) is 5.45. The highest BCUT2D eigenvalue weighted by Crippen LogP contribution is 2.34. The minimum Gasteiger partial charge on any atom is -0.395 e. The molecule has 1 aromatic carbocycles. The number of nitrogens with two attached hydrogens (primary N) is 1. The van der Waals surface area contributed by atoms with E-state index in [9.17, 15) is 12.8 Å². The molecule has 114 valence electrons. The van der Waals surface area contributed by atoms with E-state index >= 15 is 0 Å². The lowest BCUT2D eigenvalue weighted by molar-refractivity contribution is 0.378. The Morgan fingerprint density at radius 1 is 1.45 bits per heavy atom. The van der Waals surface area contributed by atoms with E-state index in [4.69, 9.17) is 17.3 Å². The van der Waals surface area contributed by atoms with Crippen molar-refractivity contribution in [3.63, 3.8) is 0 Å². The highest BCUT2D eigenvalue weighted by atomic mass is 79.9. The van der Waals surface area contributed by atoms with Crippen LogP contribution in [0.5, 0.6) is 0 Å². The molecule has 0 atom stereocenters. The van der Waals surface area contributed by atoms with Crippen LogP contribution in [-0.4, -0.2) is 15.0 Å². The van der Waals surface area contributed by atoms with Crippen LogP contribution >= 0.6 is 27.5 Å². The molecule has 0 radical (unpaired) electrons. The highest BCUT2D eigenvalue weighted by molar-refractivity contribution is 9.10. The zero-order chi connectivity index (χ0) is 15.7. The minimum absolute atomic E-state index is 0.0303. The lowest BCUT2D eigenvalue weighted by Gasteiger charge is -2.18. The summed E-state index contributed by atoms with van der Waals surface area (Å²) in [4.78, 5) is -0.544. The second kappa shape index (κ2) is 6.17. The molecule has 0 aliphatic carbocycles. The summed E-state index contributed by atoms with van der Waals surface area (Å²) in [6, 6.07) is 1.04. The van der Waals surface area contributed by atoms with Crippen LogP contribution in [0.15, 0.2) is 15.4 Å². The molecule has 1 rings (SSSR count). The van der Waals surface area contributed by atoms with Crippen molar-refractivity contribution in [3.05, 3.63) is 21.4 Å². The summed E-state index contributed by atoms with van der Waals surface area (Å²) in [5.74, 6) is -1.01. The Morgan fingerprint density at radius 3 is 2.50 bits per heavy atom. The van der Waals surface area contributed by atoms with Crippen molar-refractivity contribution in [3.8, 4) is 0 Å². The summed E-state index contributed by atoms with van der Waals surface area (Å²) >= 11 is 8.82. The van der Waals surface area contributed by atoms with Crippen LogP contribution in [0, 0.1) is 11.2 Å². The number of halogens is 3. The van der Waals surface area contributed by atoms with Gasteiger partial charge in [-0.1, -0.05) is 32.4 Å². The van der Waals surface area contributed by atoms with E-state index in [2.05, 4.69) is 20.7 Å². The first-order valence-electron chi connectivity index (χ1n) is 5.88. The van der Waals surface area contributed by atoms with Crippen molar-refractivity contribution in [2.24, 2.45) is 5.41 Å². The number of benzene rings is 1. The number of anilines is 1. The van der Waals surface area contributed by atoms with Crippen LogP contribution < -0.4 is 10.5 Å². The van der Waals surface area contributed by atoms with Gasteiger partial charge < -0.3 is 5.73 Å². The normalized spacial score (nSPS) is 12.7. The molecule has 0 fully saturated rings. The van der Waals surface area contributed by atoms with Gasteiger partial charge in [-0.15, -0.1) is 0 Å². The van der Waals surface area contributed by atoms with E-state index in [0.717, 1.165) is 6.07 Å². The molecule has 0 bridgehead atoms. The second-order valence-electron chi connectivity index (χ2n) is 5.61. The third-order valence-electron chi connectivity index (χ3n) is 2.61. The predicted molar refractivity (Wildman–Crippen MR) is 82.8 cm³/mol. The maximum absolute atomic E-state index is 14.0. The first-order chi connectivity index (χ1) is 8.96. The van der Waals surface area contributed by atoms with Crippen LogP contribution in [0.4, 0.5) is 10.1 Å². The minimum atomic E-state index is -3.99. The van der Waals surface area contributed by atoms with Crippen LogP contribution in [0.2, 0.25) is 5.02 Å². The Labute approximate surface area is 132 Å². The Morgan fingerprint density at radius 2 is 2.00 bits per heavy atom. The van der Waals surface area contributed by atoms with Crippen LogP contribution in [0.25, 0.3) is 0 Å². The Balaban J connectivity index is 3.05. The van der Waals surface area contributed by atoms with Crippen LogP contribution in [-0.2, 0) is 10.0 Å². The lowest BCUT2D eigenvalue weighted by atomic mass is 9.93. The van der Waals surface area contributed by atoms with Gasteiger partial charge in [-0.2, -0.15) is 0 Å². The number of hydrogen-bond donors (Lipinski definition) is 2. The Hall–Kier alpha value is -0.370. The van der Waals surface area contributed by atoms with E-state index in [-0.39, 0.29) is 27.1 Å². The highest BCUT2D eigenvalue weighted by Gasteiger charge is 2.24. The molecule has 20 heavy (non-hydrogen) atoms. The topological polar surface area (TPSA) is 72.2 Å². The van der Waals surface area contributed by atoms with E-state index < -0.39 is 20.7 Å². The lowest BCUT2D eigenvalue weighted by Crippen LogP contribution is -2.28. The summed E-state index contributed by atoms with van der Waals surface area (Å²) < 4.78 is 40.6. The zero-order valence-corrected chi connectivity index (χ0v) is 14.6. The zero-order valence-electron chi connectivity index (χ0n) is 11.4. The standard InChI is InChI=1S/C12H17BrClFN2O2S/c1-12(2,3)4-5-17-20(18,19)8-6-7(14)9(13)11(16)10(8)15/h6,17H,4-5,16H2,1-3H3. The van der Waals surface area contributed by atoms with Gasteiger partial charge in [-0.05, 0) is 33.8 Å². The monoisotopic (exact) mass is 386 g/mol. The molecular formula is C12H17BrClFN2O2S. The number of nitrogen functional groups attached to an aromatic ring is 1. The summed E-state index contributed by atoms with van der Waals surface area (Å²) in [7, 11) is -3.99. The number of hydrogen-bond acceptors (Lipinski definition) is 3. The molecule has 8 heteroatoms. The van der Waals surface area contributed by atoms with Crippen molar-refractivity contribution < 1.29 is 12.8 Å². The van der Waals surface area contributed by atoms with Crippen molar-refractivity contribution in [1.82, 2.24) is 4.72 Å². The van der Waals surface area contributed by atoms with Crippen LogP contribution in [0.3, 0.4) is 0 Å². The van der Waals surface area contributed by atoms with E-state index in [1.165, 1.54) is 0 Å². The van der Waals surface area contributed by atoms with Gasteiger partial charge >= 0.3 is 0 Å². The number of nitrogens with one attached hydrogen (secondary N) is 1. The molecule has 0 aliphatic rings. The molecule has 0 heterocycles. The van der Waals surface area contributed by atoms with Gasteiger partial charge in [-0.3, -0.25) is 0 Å². The molecule has 0 aromatic heterocycles. The molecule has 0 amide bonds. The number of sulfonamides is 1. The molecule has 0 saturated carbocycles. The molecule has 0 saturated heterocycles. The fourth-order valence-corrected chi connectivity index (χ4v) is 3.14. The van der Waals surface area contributed by atoms with Crippen molar-refractivity contribution >= 4 is 43.2 Å². The summed E-state index contributed by atoms with van der Waals surface area (Å²) in [6.07, 6.45) is 0.619. The van der Waals surface area contributed by atoms with Gasteiger partial charge in [0.15, 0.2) is 5.82 Å². The molecule has 3 N–H and O–H groups in total. The summed E-state index contributed by atoms with van der Waals surface area (Å²) in [6.45, 7) is 6.15. The summed E-state index contributed by atoms with van der Waals surface area (Å²) in [5, 5.41) is 0.0418. The van der Waals surface area contributed by atoms with Crippen LogP contribution in [0.1, 0.15) is 27.2 Å². The first kappa shape index (κ1) is 17.7. The molecular weight excluding hydrogens is 371 g/mol. The van der Waals surface area contributed by atoms with Gasteiger partial charge in [-0.25, -0.2) is 17.5 Å². The average molecular weight is 388 g/mol. The molecule has 0 unspecified atom stereocenters. The maximum Gasteiger partial charge on any atom is 0.243 e. The third kappa shape index (κ3) is 4.31. The predicted octanol–water partition coefficient (Wildman–Crippen LogP) is 3.54. The average Bonchev–Trinajstić information content (AvgIpc) is 2.29. The van der Waals surface area contributed by atoms with Gasteiger partial charge in [0.1, 0.15) is 4.90 Å². The Kier molecular flexibility index (Phi) is 5.46. The quantitative estimate of drug-likeness (QED) is 0.613. The summed E-state index contributed by atoms with van der Waals surface area (Å²) in [5.41, 5.74) is 5.12. The molecule has 1 aromatic rings. The van der Waals surface area contributed by atoms with E-state index in [1.807, 2.05) is 20.8 Å². The van der Waals surface area contributed by atoms with Gasteiger partial charge in [0.05, 0.1) is 15.2 Å². The van der Waals surface area contributed by atoms with E-state index in [0.29, 0.717) is 6.42 Å². The fraction of sp³-hybridized carbons (Fsp3) is 0.500. The SMILES string of the molecule is CC(C)(C)CCNS(=O)(=O)c1cc(Cl)c(Br)c(N)c1F. The maximum atomic E-state index is 14.0. The van der Waals surface area contributed by atoms with Crippen molar-refractivity contribution in [2.45, 2.75) is 32.1 Å². The van der Waals surface area contributed by atoms with Gasteiger partial charge in [0.2, 0.25) is 10.0 Å². The Bertz CT molecular complexity index is 615. The van der Waals surface area contributed by atoms with Gasteiger partial charge in [0.25, 0.3) is 0 Å². The fourth-order valence-electron chi connectivity index (χ4n) is 1.43. The van der Waals surface area contributed by atoms with Crippen molar-refractivity contribution in [2.75, 3.05) is 12.3 Å².